The molecule has 1 N–H and O–H groups in total. The smallest absolute Gasteiger partial charge is 0.139 e. The summed E-state index contributed by atoms with van der Waals surface area (Å²) in [5.41, 5.74) is 1.80. The SMILES string of the molecule is COc1cc(Nc2cccc(Cl)c2C#N)ccc1Cl. The Balaban J connectivity index is 2.37. The lowest BCUT2D eigenvalue weighted by Gasteiger charge is -2.11. The van der Waals surface area contributed by atoms with Crippen molar-refractivity contribution >= 4 is 34.6 Å². The highest BCUT2D eigenvalue weighted by Crippen LogP contribution is 2.31. The number of hydrogen-bond donors (Lipinski definition) is 1. The van der Waals surface area contributed by atoms with Gasteiger partial charge in [-0.2, -0.15) is 5.26 Å². The Labute approximate surface area is 121 Å². The predicted octanol–water partition coefficient (Wildman–Crippen LogP) is 4.62. The molecule has 0 bridgehead atoms. The second-order valence-electron chi connectivity index (χ2n) is 3.75. The molecule has 0 spiro atoms. The van der Waals surface area contributed by atoms with E-state index in [9.17, 15) is 0 Å². The largest absolute Gasteiger partial charge is 0.495 e. The Bertz CT molecular complexity index is 650. The third-order valence-corrected chi connectivity index (χ3v) is 3.18. The summed E-state index contributed by atoms with van der Waals surface area (Å²) in [6.07, 6.45) is 0. The first-order chi connectivity index (χ1) is 9.15. The van der Waals surface area contributed by atoms with Gasteiger partial charge in [-0.25, -0.2) is 0 Å². The molecule has 0 heterocycles. The van der Waals surface area contributed by atoms with Crippen LogP contribution in [0.3, 0.4) is 0 Å². The Morgan fingerprint density at radius 2 is 1.95 bits per heavy atom. The molecule has 96 valence electrons. The van der Waals surface area contributed by atoms with Crippen molar-refractivity contribution in [1.82, 2.24) is 0 Å². The van der Waals surface area contributed by atoms with E-state index in [1.54, 1.807) is 43.5 Å². The van der Waals surface area contributed by atoms with E-state index in [1.165, 1.54) is 0 Å². The minimum absolute atomic E-state index is 0.401. The summed E-state index contributed by atoms with van der Waals surface area (Å²) >= 11 is 11.9. The van der Waals surface area contributed by atoms with Crippen molar-refractivity contribution in [3.8, 4) is 11.8 Å². The molecule has 19 heavy (non-hydrogen) atoms. The average Bonchev–Trinajstić information content (AvgIpc) is 2.41. The molecule has 0 aromatic heterocycles. The number of nitrogens with one attached hydrogen (secondary N) is 1. The van der Waals surface area contributed by atoms with Gasteiger partial charge < -0.3 is 10.1 Å². The summed E-state index contributed by atoms with van der Waals surface area (Å²) in [5, 5.41) is 13.2. The van der Waals surface area contributed by atoms with Crippen LogP contribution in [-0.2, 0) is 0 Å². The predicted molar refractivity (Wildman–Crippen MR) is 77.5 cm³/mol. The maximum Gasteiger partial charge on any atom is 0.139 e. The number of methoxy groups -OCH3 is 1. The van der Waals surface area contributed by atoms with Gasteiger partial charge in [-0.05, 0) is 24.3 Å². The van der Waals surface area contributed by atoms with E-state index in [2.05, 4.69) is 11.4 Å². The lowest BCUT2D eigenvalue weighted by molar-refractivity contribution is 0.415. The lowest BCUT2D eigenvalue weighted by atomic mass is 10.2. The minimum atomic E-state index is 0.401. The van der Waals surface area contributed by atoms with Gasteiger partial charge >= 0.3 is 0 Å². The molecule has 0 saturated heterocycles. The summed E-state index contributed by atoms with van der Waals surface area (Å²) in [4.78, 5) is 0. The van der Waals surface area contributed by atoms with E-state index in [1.807, 2.05) is 0 Å². The lowest BCUT2D eigenvalue weighted by Crippen LogP contribution is -1.95. The van der Waals surface area contributed by atoms with Gasteiger partial charge in [0.05, 0.1) is 28.4 Å². The average molecular weight is 293 g/mol. The second kappa shape index (κ2) is 5.83. The van der Waals surface area contributed by atoms with Crippen LogP contribution in [0.25, 0.3) is 0 Å². The maximum absolute atomic E-state index is 9.10. The molecule has 0 atom stereocenters. The summed E-state index contributed by atoms with van der Waals surface area (Å²) in [6.45, 7) is 0. The monoisotopic (exact) mass is 292 g/mol. The van der Waals surface area contributed by atoms with E-state index >= 15 is 0 Å². The first-order valence-electron chi connectivity index (χ1n) is 5.45. The normalized spacial score (nSPS) is 9.79. The van der Waals surface area contributed by atoms with E-state index < -0.39 is 0 Å². The number of benzene rings is 2. The molecule has 2 aromatic carbocycles. The first-order valence-corrected chi connectivity index (χ1v) is 6.20. The quantitative estimate of drug-likeness (QED) is 0.898. The summed E-state index contributed by atoms with van der Waals surface area (Å²) < 4.78 is 5.14. The molecule has 0 aliphatic rings. The molecular weight excluding hydrogens is 283 g/mol. The van der Waals surface area contributed by atoms with Gasteiger partial charge in [0.25, 0.3) is 0 Å². The third-order valence-electron chi connectivity index (χ3n) is 2.56. The van der Waals surface area contributed by atoms with Crippen molar-refractivity contribution in [1.29, 1.82) is 5.26 Å². The summed E-state index contributed by atoms with van der Waals surface area (Å²) in [5.74, 6) is 0.562. The number of halogens is 2. The topological polar surface area (TPSA) is 45.0 Å². The molecule has 0 radical (unpaired) electrons. The fraction of sp³-hybridized carbons (Fsp3) is 0.0714. The molecule has 0 saturated carbocycles. The number of hydrogen-bond acceptors (Lipinski definition) is 3. The van der Waals surface area contributed by atoms with Crippen molar-refractivity contribution < 1.29 is 4.74 Å². The molecule has 2 aromatic rings. The zero-order chi connectivity index (χ0) is 13.8. The van der Waals surface area contributed by atoms with Crippen LogP contribution < -0.4 is 10.1 Å². The van der Waals surface area contributed by atoms with Gasteiger partial charge in [-0.15, -0.1) is 0 Å². The molecule has 2 rings (SSSR count). The molecule has 0 unspecified atom stereocenters. The first kappa shape index (κ1) is 13.5. The third kappa shape index (κ3) is 2.93. The number of anilines is 2. The van der Waals surface area contributed by atoms with Gasteiger partial charge in [0.2, 0.25) is 0 Å². The van der Waals surface area contributed by atoms with Crippen molar-refractivity contribution in [2.45, 2.75) is 0 Å². The fourth-order valence-corrected chi connectivity index (χ4v) is 2.05. The zero-order valence-electron chi connectivity index (χ0n) is 10.1. The van der Waals surface area contributed by atoms with E-state index in [-0.39, 0.29) is 0 Å². The van der Waals surface area contributed by atoms with Crippen LogP contribution in [0, 0.1) is 11.3 Å². The van der Waals surface area contributed by atoms with Crippen molar-refractivity contribution in [3.05, 3.63) is 52.0 Å². The van der Waals surface area contributed by atoms with E-state index in [0.29, 0.717) is 27.0 Å². The van der Waals surface area contributed by atoms with Gasteiger partial charge in [-0.3, -0.25) is 0 Å². The molecular formula is C14H10Cl2N2O. The maximum atomic E-state index is 9.10. The van der Waals surface area contributed by atoms with Crippen LogP contribution >= 0.6 is 23.2 Å². The molecule has 0 aliphatic carbocycles. The Kier molecular flexibility index (Phi) is 4.16. The highest BCUT2D eigenvalue weighted by Gasteiger charge is 2.08. The molecule has 0 aliphatic heterocycles. The molecule has 5 heteroatoms. The Morgan fingerprint density at radius 1 is 1.16 bits per heavy atom. The van der Waals surface area contributed by atoms with Gasteiger partial charge in [0.15, 0.2) is 0 Å². The number of ether oxygens (including phenoxy) is 1. The molecule has 3 nitrogen and oxygen atoms in total. The second-order valence-corrected chi connectivity index (χ2v) is 4.56. The Morgan fingerprint density at radius 3 is 2.63 bits per heavy atom. The zero-order valence-corrected chi connectivity index (χ0v) is 11.6. The fourth-order valence-electron chi connectivity index (χ4n) is 1.63. The minimum Gasteiger partial charge on any atom is -0.495 e. The number of rotatable bonds is 3. The van der Waals surface area contributed by atoms with E-state index in [0.717, 1.165) is 5.69 Å². The van der Waals surface area contributed by atoms with Gasteiger partial charge in [0, 0.05) is 11.8 Å². The summed E-state index contributed by atoms with van der Waals surface area (Å²) in [7, 11) is 1.55. The van der Waals surface area contributed by atoms with Crippen LogP contribution in [0.5, 0.6) is 5.75 Å². The number of nitrogens with zero attached hydrogens (tertiary/aromatic N) is 1. The standard InChI is InChI=1S/C14H10Cl2N2O/c1-19-14-7-9(5-6-12(14)16)18-13-4-2-3-11(15)10(13)8-17/h2-7,18H,1H3. The van der Waals surface area contributed by atoms with Crippen LogP contribution in [0.4, 0.5) is 11.4 Å². The van der Waals surface area contributed by atoms with Crippen LogP contribution in [0.1, 0.15) is 5.56 Å². The van der Waals surface area contributed by atoms with Crippen LogP contribution in [0.15, 0.2) is 36.4 Å². The van der Waals surface area contributed by atoms with Crippen molar-refractivity contribution in [2.24, 2.45) is 0 Å². The summed E-state index contributed by atoms with van der Waals surface area (Å²) in [6, 6.07) is 12.6. The van der Waals surface area contributed by atoms with Gasteiger partial charge in [0.1, 0.15) is 11.8 Å². The number of nitriles is 1. The highest BCUT2D eigenvalue weighted by molar-refractivity contribution is 6.32. The van der Waals surface area contributed by atoms with Crippen LogP contribution in [0.2, 0.25) is 10.0 Å². The Hall–Kier alpha value is -1.89. The van der Waals surface area contributed by atoms with Crippen molar-refractivity contribution in [3.63, 3.8) is 0 Å². The van der Waals surface area contributed by atoms with Crippen molar-refractivity contribution in [2.75, 3.05) is 12.4 Å². The molecule has 0 amide bonds. The highest BCUT2D eigenvalue weighted by atomic mass is 35.5. The molecule has 0 fully saturated rings. The van der Waals surface area contributed by atoms with Crippen LogP contribution in [-0.4, -0.2) is 7.11 Å². The van der Waals surface area contributed by atoms with Gasteiger partial charge in [-0.1, -0.05) is 29.3 Å². The van der Waals surface area contributed by atoms with E-state index in [4.69, 9.17) is 33.2 Å².